The molecule has 0 fully saturated rings. The Kier molecular flexibility index (Phi) is 3.25. The van der Waals surface area contributed by atoms with E-state index in [1.165, 1.54) is 0 Å². The molecule has 0 atom stereocenters. The van der Waals surface area contributed by atoms with Crippen LogP contribution in [-0.4, -0.2) is 31.7 Å². The maximum atomic E-state index is 14.3. The molecule has 9 heteroatoms. The van der Waals surface area contributed by atoms with Crippen LogP contribution in [0.1, 0.15) is 26.3 Å². The predicted octanol–water partition coefficient (Wildman–Crippen LogP) is 1.27. The zero-order valence-corrected chi connectivity index (χ0v) is 11.3. The standard InChI is InChI=1S/C14H8F2N4O3/c15-7-2-1-5(12(17)22)10(16)9(7)11(21)6-3-18-13-8(6)14(23)20-4-19-13/h1-4H,(H2,17,22)(H2,18,19,20,23). The van der Waals surface area contributed by atoms with Gasteiger partial charge < -0.3 is 15.8 Å². The molecular formula is C14H8F2N4O3. The largest absolute Gasteiger partial charge is 0.493 e. The third kappa shape index (κ3) is 2.18. The van der Waals surface area contributed by atoms with Crippen LogP contribution < -0.4 is 5.73 Å². The number of nitrogens with zero attached hydrogens (tertiary/aromatic N) is 2. The highest BCUT2D eigenvalue weighted by molar-refractivity contribution is 6.17. The first-order chi connectivity index (χ1) is 10.9. The highest BCUT2D eigenvalue weighted by Gasteiger charge is 2.26. The van der Waals surface area contributed by atoms with E-state index >= 15 is 0 Å². The van der Waals surface area contributed by atoms with Gasteiger partial charge in [-0.1, -0.05) is 0 Å². The van der Waals surface area contributed by atoms with E-state index in [0.717, 1.165) is 24.7 Å². The number of benzene rings is 1. The molecule has 7 nitrogen and oxygen atoms in total. The van der Waals surface area contributed by atoms with Gasteiger partial charge in [0.15, 0.2) is 0 Å². The zero-order chi connectivity index (χ0) is 16.7. The number of nitrogens with two attached hydrogens (primary N) is 1. The van der Waals surface area contributed by atoms with E-state index in [2.05, 4.69) is 15.0 Å². The molecule has 2 aromatic heterocycles. The third-order valence-electron chi connectivity index (χ3n) is 3.28. The number of aromatic nitrogens is 3. The number of primary amides is 1. The number of carbonyl (C=O) groups is 2. The molecule has 116 valence electrons. The molecule has 0 aliphatic carbocycles. The number of rotatable bonds is 3. The Balaban J connectivity index is 2.25. The molecule has 0 aliphatic heterocycles. The lowest BCUT2D eigenvalue weighted by Crippen LogP contribution is -2.17. The minimum absolute atomic E-state index is 0.0826. The topological polar surface area (TPSA) is 122 Å². The number of hydrogen-bond donors (Lipinski definition) is 3. The average molecular weight is 318 g/mol. The minimum atomic E-state index is -1.37. The first-order valence-corrected chi connectivity index (χ1v) is 6.25. The van der Waals surface area contributed by atoms with Crippen molar-refractivity contribution in [1.82, 2.24) is 15.0 Å². The number of carbonyl (C=O) groups excluding carboxylic acids is 2. The maximum absolute atomic E-state index is 14.3. The molecule has 0 radical (unpaired) electrons. The summed E-state index contributed by atoms with van der Waals surface area (Å²) in [6.07, 6.45) is 2.19. The number of H-pyrrole nitrogens is 1. The van der Waals surface area contributed by atoms with E-state index < -0.39 is 40.3 Å². The Morgan fingerprint density at radius 3 is 2.61 bits per heavy atom. The number of halogens is 2. The fraction of sp³-hybridized carbons (Fsp3) is 0. The molecule has 4 N–H and O–H groups in total. The van der Waals surface area contributed by atoms with Crippen LogP contribution in [0, 0.1) is 11.6 Å². The Hall–Kier alpha value is -3.36. The molecule has 3 aromatic rings. The smallest absolute Gasteiger partial charge is 0.251 e. The van der Waals surface area contributed by atoms with Crippen LogP contribution in [0.3, 0.4) is 0 Å². The number of hydrogen-bond acceptors (Lipinski definition) is 5. The molecular weight excluding hydrogens is 310 g/mol. The summed E-state index contributed by atoms with van der Waals surface area (Å²) in [5, 5.41) is 9.65. The lowest BCUT2D eigenvalue weighted by atomic mass is 9.99. The van der Waals surface area contributed by atoms with Gasteiger partial charge in [-0.2, -0.15) is 0 Å². The molecule has 3 rings (SSSR count). The Bertz CT molecular complexity index is 968. The highest BCUT2D eigenvalue weighted by atomic mass is 19.1. The van der Waals surface area contributed by atoms with E-state index in [4.69, 9.17) is 5.73 Å². The molecule has 2 heterocycles. The third-order valence-corrected chi connectivity index (χ3v) is 3.28. The van der Waals surface area contributed by atoms with Crippen molar-refractivity contribution in [3.05, 3.63) is 53.0 Å². The van der Waals surface area contributed by atoms with Crippen molar-refractivity contribution in [2.24, 2.45) is 5.73 Å². The van der Waals surface area contributed by atoms with Gasteiger partial charge in [0, 0.05) is 6.20 Å². The van der Waals surface area contributed by atoms with Crippen molar-refractivity contribution in [1.29, 1.82) is 0 Å². The zero-order valence-electron chi connectivity index (χ0n) is 11.3. The van der Waals surface area contributed by atoms with Gasteiger partial charge in [-0.05, 0) is 12.1 Å². The maximum Gasteiger partial charge on any atom is 0.251 e. The van der Waals surface area contributed by atoms with Crippen LogP contribution in [0.15, 0.2) is 24.7 Å². The van der Waals surface area contributed by atoms with Gasteiger partial charge in [0.1, 0.15) is 23.6 Å². The number of aromatic hydroxyl groups is 1. The van der Waals surface area contributed by atoms with Gasteiger partial charge >= 0.3 is 0 Å². The van der Waals surface area contributed by atoms with Crippen LogP contribution in [0.4, 0.5) is 8.78 Å². The second-order valence-corrected chi connectivity index (χ2v) is 4.60. The van der Waals surface area contributed by atoms with Crippen molar-refractivity contribution < 1.29 is 23.5 Å². The summed E-state index contributed by atoms with van der Waals surface area (Å²) in [7, 11) is 0. The Labute approximate surface area is 126 Å². The normalized spacial score (nSPS) is 10.9. The summed E-state index contributed by atoms with van der Waals surface area (Å²) >= 11 is 0. The molecule has 23 heavy (non-hydrogen) atoms. The molecule has 0 unspecified atom stereocenters. The number of aromatic amines is 1. The fourth-order valence-corrected chi connectivity index (χ4v) is 2.21. The van der Waals surface area contributed by atoms with Crippen molar-refractivity contribution in [3.63, 3.8) is 0 Å². The molecule has 0 saturated heterocycles. The average Bonchev–Trinajstić information content (AvgIpc) is 2.92. The molecule has 0 bridgehead atoms. The van der Waals surface area contributed by atoms with Crippen molar-refractivity contribution >= 4 is 22.7 Å². The van der Waals surface area contributed by atoms with Gasteiger partial charge in [-0.15, -0.1) is 0 Å². The van der Waals surface area contributed by atoms with Gasteiger partial charge in [-0.25, -0.2) is 18.7 Å². The number of ketones is 1. The van der Waals surface area contributed by atoms with E-state index in [0.29, 0.717) is 0 Å². The van der Waals surface area contributed by atoms with Crippen molar-refractivity contribution in [2.45, 2.75) is 0 Å². The number of amides is 1. The number of nitrogens with one attached hydrogen (secondary N) is 1. The van der Waals surface area contributed by atoms with Crippen LogP contribution in [0.5, 0.6) is 5.88 Å². The molecule has 0 spiro atoms. The molecule has 0 saturated carbocycles. The lowest BCUT2D eigenvalue weighted by molar-refractivity contribution is 0.0996. The van der Waals surface area contributed by atoms with Gasteiger partial charge in [0.05, 0.1) is 22.1 Å². The summed E-state index contributed by atoms with van der Waals surface area (Å²) < 4.78 is 28.2. The summed E-state index contributed by atoms with van der Waals surface area (Å²) in [5.74, 6) is -5.27. The monoisotopic (exact) mass is 318 g/mol. The van der Waals surface area contributed by atoms with E-state index in [1.54, 1.807) is 0 Å². The Morgan fingerprint density at radius 2 is 1.91 bits per heavy atom. The SMILES string of the molecule is NC(=O)c1ccc(F)c(C(=O)c2c[nH]c3ncnc(O)c23)c1F. The van der Waals surface area contributed by atoms with E-state index in [-0.39, 0.29) is 16.6 Å². The van der Waals surface area contributed by atoms with Crippen LogP contribution >= 0.6 is 0 Å². The van der Waals surface area contributed by atoms with Gasteiger partial charge in [0.25, 0.3) is 5.91 Å². The Morgan fingerprint density at radius 1 is 1.17 bits per heavy atom. The van der Waals surface area contributed by atoms with E-state index in [1.807, 2.05) is 0 Å². The van der Waals surface area contributed by atoms with Crippen LogP contribution in [-0.2, 0) is 0 Å². The summed E-state index contributed by atoms with van der Waals surface area (Å²) in [5.41, 5.74) is 3.30. The quantitative estimate of drug-likeness (QED) is 0.628. The first-order valence-electron chi connectivity index (χ1n) is 6.25. The highest BCUT2D eigenvalue weighted by Crippen LogP contribution is 2.28. The lowest BCUT2D eigenvalue weighted by Gasteiger charge is -2.06. The predicted molar refractivity (Wildman–Crippen MR) is 73.9 cm³/mol. The summed E-state index contributed by atoms with van der Waals surface area (Å²) in [6, 6.07) is 1.61. The van der Waals surface area contributed by atoms with E-state index in [9.17, 15) is 23.5 Å². The summed E-state index contributed by atoms with van der Waals surface area (Å²) in [4.78, 5) is 33.5. The van der Waals surface area contributed by atoms with Crippen LogP contribution in [0.25, 0.3) is 11.0 Å². The van der Waals surface area contributed by atoms with Crippen molar-refractivity contribution in [2.75, 3.05) is 0 Å². The van der Waals surface area contributed by atoms with Crippen LogP contribution in [0.2, 0.25) is 0 Å². The van der Waals surface area contributed by atoms with Gasteiger partial charge in [-0.3, -0.25) is 9.59 Å². The minimum Gasteiger partial charge on any atom is -0.493 e. The summed E-state index contributed by atoms with van der Waals surface area (Å²) in [6.45, 7) is 0. The molecule has 1 aromatic carbocycles. The van der Waals surface area contributed by atoms with Crippen molar-refractivity contribution in [3.8, 4) is 5.88 Å². The molecule has 1 amide bonds. The second-order valence-electron chi connectivity index (χ2n) is 4.60. The van der Waals surface area contributed by atoms with Gasteiger partial charge in [0.2, 0.25) is 11.7 Å². The molecule has 0 aliphatic rings. The first kappa shape index (κ1) is 14.6. The second kappa shape index (κ2) is 5.13. The fourth-order valence-electron chi connectivity index (χ4n) is 2.21. The number of fused-ring (bicyclic) bond motifs is 1.